The number of nitrogens with zero attached hydrogens (tertiary/aromatic N) is 4. The Hall–Kier alpha value is -1.02. The van der Waals surface area contributed by atoms with Crippen molar-refractivity contribution in [2.24, 2.45) is 0 Å². The number of carbonyl (C=O) groups excluding carboxylic acids is 1. The minimum Gasteiger partial charge on any atom is -0.335 e. The maximum absolute atomic E-state index is 12.2. The third-order valence-electron chi connectivity index (χ3n) is 3.24. The highest BCUT2D eigenvalue weighted by Crippen LogP contribution is 2.23. The molecule has 1 saturated heterocycles. The van der Waals surface area contributed by atoms with E-state index in [0.717, 1.165) is 48.6 Å². The molecule has 8 heteroatoms. The number of thiophene rings is 1. The van der Waals surface area contributed by atoms with Crippen molar-refractivity contribution in [1.29, 1.82) is 0 Å². The van der Waals surface area contributed by atoms with E-state index >= 15 is 0 Å². The van der Waals surface area contributed by atoms with E-state index in [4.69, 9.17) is 11.6 Å². The molecule has 1 amide bonds. The lowest BCUT2D eigenvalue weighted by Gasteiger charge is -2.34. The first-order chi connectivity index (χ1) is 9.72. The third kappa shape index (κ3) is 3.17. The molecule has 0 spiro atoms. The number of aromatic nitrogens is 2. The fraction of sp³-hybridized carbons (Fsp3) is 0.417. The molecule has 0 atom stereocenters. The number of carbonyl (C=O) groups is 1. The topological polar surface area (TPSA) is 49.3 Å². The summed E-state index contributed by atoms with van der Waals surface area (Å²) < 4.78 is 4.56. The first kappa shape index (κ1) is 13.9. The molecule has 2 aromatic rings. The van der Waals surface area contributed by atoms with Gasteiger partial charge in [-0.1, -0.05) is 16.1 Å². The second-order valence-corrected chi connectivity index (χ2v) is 7.14. The molecule has 0 radical (unpaired) electrons. The molecule has 1 aliphatic rings. The van der Waals surface area contributed by atoms with Crippen LogP contribution in [0.3, 0.4) is 0 Å². The molecule has 3 heterocycles. The molecule has 0 unspecified atom stereocenters. The Morgan fingerprint density at radius 3 is 2.70 bits per heavy atom. The molecule has 3 rings (SSSR count). The van der Waals surface area contributed by atoms with Gasteiger partial charge in [-0.05, 0) is 23.7 Å². The Morgan fingerprint density at radius 2 is 2.10 bits per heavy atom. The van der Waals surface area contributed by atoms with Gasteiger partial charge in [0.15, 0.2) is 0 Å². The average molecular weight is 329 g/mol. The molecule has 0 saturated carbocycles. The number of halogens is 1. The van der Waals surface area contributed by atoms with Crippen molar-refractivity contribution in [3.63, 3.8) is 0 Å². The highest BCUT2D eigenvalue weighted by Gasteiger charge is 2.23. The summed E-state index contributed by atoms with van der Waals surface area (Å²) in [6, 6.07) is 3.99. The average Bonchev–Trinajstić information content (AvgIpc) is 3.11. The van der Waals surface area contributed by atoms with Crippen LogP contribution in [0.4, 0.5) is 0 Å². The summed E-state index contributed by atoms with van der Waals surface area (Å²) in [4.78, 5) is 18.2. The molecular weight excluding hydrogens is 316 g/mol. The summed E-state index contributed by atoms with van der Waals surface area (Å²) >= 11 is 8.70. The second kappa shape index (κ2) is 6.17. The van der Waals surface area contributed by atoms with Crippen LogP contribution in [0, 0.1) is 0 Å². The fourth-order valence-corrected chi connectivity index (χ4v) is 3.80. The molecule has 1 aliphatic heterocycles. The smallest absolute Gasteiger partial charge is 0.267 e. The normalized spacial score (nSPS) is 16.6. The summed E-state index contributed by atoms with van der Waals surface area (Å²) in [6.45, 7) is 4.16. The highest BCUT2D eigenvalue weighted by molar-refractivity contribution is 7.16. The zero-order valence-corrected chi connectivity index (χ0v) is 13.0. The largest absolute Gasteiger partial charge is 0.335 e. The van der Waals surface area contributed by atoms with Gasteiger partial charge < -0.3 is 4.90 Å². The van der Waals surface area contributed by atoms with E-state index in [1.165, 1.54) is 11.1 Å². The Balaban J connectivity index is 1.53. The van der Waals surface area contributed by atoms with Crippen molar-refractivity contribution in [2.45, 2.75) is 6.54 Å². The second-order valence-electron chi connectivity index (χ2n) is 4.56. The quantitative estimate of drug-likeness (QED) is 0.867. The fourth-order valence-electron chi connectivity index (χ4n) is 2.18. The van der Waals surface area contributed by atoms with Gasteiger partial charge in [-0.25, -0.2) is 0 Å². The standard InChI is InChI=1S/C12H13ClN4OS2/c13-11-2-1-9(19-11)8-16-3-5-17(6-4-16)12(18)10-7-14-15-20-10/h1-2,7H,3-6,8H2. The molecule has 106 valence electrons. The van der Waals surface area contributed by atoms with Crippen LogP contribution in [-0.2, 0) is 6.54 Å². The summed E-state index contributed by atoms with van der Waals surface area (Å²) in [5, 5.41) is 3.71. The van der Waals surface area contributed by atoms with Gasteiger partial charge in [-0.15, -0.1) is 16.4 Å². The monoisotopic (exact) mass is 328 g/mol. The van der Waals surface area contributed by atoms with Gasteiger partial charge in [0, 0.05) is 37.6 Å². The number of hydrogen-bond acceptors (Lipinski definition) is 6. The van der Waals surface area contributed by atoms with Crippen LogP contribution in [-0.4, -0.2) is 51.5 Å². The zero-order chi connectivity index (χ0) is 13.9. The molecule has 0 aromatic carbocycles. The van der Waals surface area contributed by atoms with E-state index in [9.17, 15) is 4.79 Å². The van der Waals surface area contributed by atoms with Crippen LogP contribution in [0.25, 0.3) is 0 Å². The summed E-state index contributed by atoms with van der Waals surface area (Å²) in [6.07, 6.45) is 1.53. The SMILES string of the molecule is O=C(c1cnns1)N1CCN(Cc2ccc(Cl)s2)CC1. The molecule has 5 nitrogen and oxygen atoms in total. The Labute approximate surface area is 129 Å². The van der Waals surface area contributed by atoms with Crippen LogP contribution < -0.4 is 0 Å². The predicted molar refractivity (Wildman–Crippen MR) is 80.4 cm³/mol. The lowest BCUT2D eigenvalue weighted by molar-refractivity contribution is 0.0634. The van der Waals surface area contributed by atoms with Crippen LogP contribution >= 0.6 is 34.5 Å². The van der Waals surface area contributed by atoms with E-state index in [2.05, 4.69) is 20.6 Å². The molecule has 1 fully saturated rings. The van der Waals surface area contributed by atoms with Crippen molar-refractivity contribution >= 4 is 40.4 Å². The Bertz CT molecular complexity index is 578. The van der Waals surface area contributed by atoms with Crippen molar-refractivity contribution in [2.75, 3.05) is 26.2 Å². The number of hydrogen-bond donors (Lipinski definition) is 0. The third-order valence-corrected chi connectivity index (χ3v) is 5.11. The summed E-state index contributed by atoms with van der Waals surface area (Å²) in [5.74, 6) is 0.0406. The van der Waals surface area contributed by atoms with Crippen molar-refractivity contribution in [1.82, 2.24) is 19.4 Å². The van der Waals surface area contributed by atoms with Gasteiger partial charge in [0.05, 0.1) is 10.5 Å². The van der Waals surface area contributed by atoms with E-state index in [0.29, 0.717) is 4.88 Å². The van der Waals surface area contributed by atoms with E-state index < -0.39 is 0 Å². The summed E-state index contributed by atoms with van der Waals surface area (Å²) in [7, 11) is 0. The molecule has 0 aliphatic carbocycles. The van der Waals surface area contributed by atoms with Gasteiger partial charge in [-0.2, -0.15) is 0 Å². The lowest BCUT2D eigenvalue weighted by atomic mass is 10.3. The molecule has 2 aromatic heterocycles. The highest BCUT2D eigenvalue weighted by atomic mass is 35.5. The molecule has 0 N–H and O–H groups in total. The Kier molecular flexibility index (Phi) is 4.30. The van der Waals surface area contributed by atoms with Gasteiger partial charge in [-0.3, -0.25) is 9.69 Å². The molecule has 20 heavy (non-hydrogen) atoms. The lowest BCUT2D eigenvalue weighted by Crippen LogP contribution is -2.48. The predicted octanol–water partition coefficient (Wildman–Crippen LogP) is 2.21. The van der Waals surface area contributed by atoms with Crippen LogP contribution in [0.1, 0.15) is 14.5 Å². The zero-order valence-electron chi connectivity index (χ0n) is 10.7. The van der Waals surface area contributed by atoms with E-state index in [1.807, 2.05) is 11.0 Å². The minimum atomic E-state index is 0.0406. The number of rotatable bonds is 3. The number of piperazine rings is 1. The van der Waals surface area contributed by atoms with Gasteiger partial charge >= 0.3 is 0 Å². The minimum absolute atomic E-state index is 0.0406. The van der Waals surface area contributed by atoms with Crippen molar-refractivity contribution in [3.05, 3.63) is 32.4 Å². The van der Waals surface area contributed by atoms with E-state index in [1.54, 1.807) is 11.3 Å². The molecular formula is C12H13ClN4OS2. The van der Waals surface area contributed by atoms with E-state index in [-0.39, 0.29) is 5.91 Å². The summed E-state index contributed by atoms with van der Waals surface area (Å²) in [5.41, 5.74) is 0. The van der Waals surface area contributed by atoms with Crippen molar-refractivity contribution in [3.8, 4) is 0 Å². The van der Waals surface area contributed by atoms with Gasteiger partial charge in [0.1, 0.15) is 4.88 Å². The van der Waals surface area contributed by atoms with Crippen LogP contribution in [0.2, 0.25) is 4.34 Å². The first-order valence-corrected chi connectivity index (χ1v) is 8.22. The van der Waals surface area contributed by atoms with Crippen LogP contribution in [0.5, 0.6) is 0 Å². The Morgan fingerprint density at radius 1 is 1.30 bits per heavy atom. The molecule has 0 bridgehead atoms. The number of amides is 1. The maximum atomic E-state index is 12.2. The van der Waals surface area contributed by atoms with Gasteiger partial charge in [0.2, 0.25) is 0 Å². The maximum Gasteiger partial charge on any atom is 0.267 e. The van der Waals surface area contributed by atoms with Crippen molar-refractivity contribution < 1.29 is 4.79 Å². The first-order valence-electron chi connectivity index (χ1n) is 6.25. The van der Waals surface area contributed by atoms with Crippen LogP contribution in [0.15, 0.2) is 18.3 Å². The van der Waals surface area contributed by atoms with Gasteiger partial charge in [0.25, 0.3) is 5.91 Å².